The SMILES string of the molecule is CCNC(=NCCc1ccc(Cl)cc1)N1CCN(c2cnn(C)c2)C(=O)C1.I. The van der Waals surface area contributed by atoms with Crippen molar-refractivity contribution >= 4 is 53.1 Å². The summed E-state index contributed by atoms with van der Waals surface area (Å²) in [5.41, 5.74) is 2.03. The van der Waals surface area contributed by atoms with Gasteiger partial charge in [0.1, 0.15) is 6.54 Å². The summed E-state index contributed by atoms with van der Waals surface area (Å²) in [5.74, 6) is 0.836. The van der Waals surface area contributed by atoms with E-state index >= 15 is 0 Å². The smallest absolute Gasteiger partial charge is 0.246 e. The van der Waals surface area contributed by atoms with Crippen LogP contribution in [0.1, 0.15) is 12.5 Å². The van der Waals surface area contributed by atoms with Crippen LogP contribution in [0.5, 0.6) is 0 Å². The van der Waals surface area contributed by atoms with Crippen LogP contribution < -0.4 is 10.2 Å². The first-order chi connectivity index (χ1) is 13.1. The van der Waals surface area contributed by atoms with E-state index in [1.807, 2.05) is 49.3 Å². The van der Waals surface area contributed by atoms with Crippen molar-refractivity contribution in [1.29, 1.82) is 0 Å². The fraction of sp³-hybridized carbons (Fsp3) is 0.421. The highest BCUT2D eigenvalue weighted by Crippen LogP contribution is 2.16. The molecule has 1 aromatic carbocycles. The molecule has 0 unspecified atom stereocenters. The second kappa shape index (κ2) is 10.7. The fourth-order valence-electron chi connectivity index (χ4n) is 3.04. The largest absolute Gasteiger partial charge is 0.357 e. The van der Waals surface area contributed by atoms with Crippen molar-refractivity contribution in [2.75, 3.05) is 37.6 Å². The standard InChI is InChI=1S/C19H25ClN6O.HI/c1-3-21-19(22-9-8-15-4-6-16(20)7-5-15)25-10-11-26(18(27)14-25)17-12-23-24(2)13-17;/h4-7,12-13H,3,8-11,14H2,1-2H3,(H,21,22);1H. The number of carbonyl (C=O) groups is 1. The van der Waals surface area contributed by atoms with Crippen LogP contribution in [0.2, 0.25) is 5.02 Å². The van der Waals surface area contributed by atoms with Gasteiger partial charge in [0.05, 0.1) is 11.9 Å². The van der Waals surface area contributed by atoms with E-state index in [2.05, 4.69) is 10.4 Å². The molecule has 1 aliphatic rings. The van der Waals surface area contributed by atoms with Crippen LogP contribution in [0, 0.1) is 0 Å². The van der Waals surface area contributed by atoms with Gasteiger partial charge in [0, 0.05) is 44.4 Å². The Labute approximate surface area is 187 Å². The third kappa shape index (κ3) is 5.84. The van der Waals surface area contributed by atoms with Crippen molar-refractivity contribution in [1.82, 2.24) is 20.0 Å². The van der Waals surface area contributed by atoms with E-state index in [0.29, 0.717) is 19.6 Å². The van der Waals surface area contributed by atoms with Gasteiger partial charge >= 0.3 is 0 Å². The van der Waals surface area contributed by atoms with Crippen LogP contribution in [-0.4, -0.2) is 59.3 Å². The van der Waals surface area contributed by atoms with E-state index in [0.717, 1.165) is 36.2 Å². The molecule has 152 valence electrons. The summed E-state index contributed by atoms with van der Waals surface area (Å²) in [6.07, 6.45) is 4.41. The van der Waals surface area contributed by atoms with E-state index in [1.165, 1.54) is 5.56 Å². The molecule has 1 saturated heterocycles. The monoisotopic (exact) mass is 516 g/mol. The number of nitrogens with zero attached hydrogens (tertiary/aromatic N) is 5. The zero-order valence-corrected chi connectivity index (χ0v) is 19.2. The lowest BCUT2D eigenvalue weighted by Gasteiger charge is -2.35. The molecule has 9 heteroatoms. The molecule has 2 aromatic rings. The molecule has 0 saturated carbocycles. The Morgan fingerprint density at radius 1 is 1.29 bits per heavy atom. The number of carbonyl (C=O) groups excluding carboxylic acids is 1. The quantitative estimate of drug-likeness (QED) is 0.377. The van der Waals surface area contributed by atoms with Crippen molar-refractivity contribution in [3.05, 3.63) is 47.2 Å². The molecule has 0 aliphatic carbocycles. The number of aryl methyl sites for hydroxylation is 1. The molecule has 0 atom stereocenters. The van der Waals surface area contributed by atoms with Crippen LogP contribution in [0.15, 0.2) is 41.7 Å². The lowest BCUT2D eigenvalue weighted by Crippen LogP contribution is -2.55. The van der Waals surface area contributed by atoms with Crippen molar-refractivity contribution in [2.45, 2.75) is 13.3 Å². The molecule has 2 heterocycles. The molecule has 1 fully saturated rings. The van der Waals surface area contributed by atoms with E-state index < -0.39 is 0 Å². The van der Waals surface area contributed by atoms with Crippen molar-refractivity contribution in [3.63, 3.8) is 0 Å². The molecule has 3 rings (SSSR count). The number of anilines is 1. The topological polar surface area (TPSA) is 65.8 Å². The predicted molar refractivity (Wildman–Crippen MR) is 124 cm³/mol. The molecule has 1 N–H and O–H groups in total. The second-order valence-corrected chi connectivity index (χ2v) is 6.89. The van der Waals surface area contributed by atoms with Gasteiger partial charge in [-0.3, -0.25) is 14.5 Å². The number of rotatable bonds is 5. The molecule has 28 heavy (non-hydrogen) atoms. The summed E-state index contributed by atoms with van der Waals surface area (Å²) in [6.45, 7) is 5.10. The highest BCUT2D eigenvalue weighted by Gasteiger charge is 2.27. The third-order valence-corrected chi connectivity index (χ3v) is 4.69. The number of hydrogen-bond acceptors (Lipinski definition) is 3. The Morgan fingerprint density at radius 2 is 2.04 bits per heavy atom. The number of aliphatic imine (C=N–C) groups is 1. The van der Waals surface area contributed by atoms with Crippen molar-refractivity contribution in [2.24, 2.45) is 12.0 Å². The van der Waals surface area contributed by atoms with E-state index in [-0.39, 0.29) is 29.9 Å². The first-order valence-corrected chi connectivity index (χ1v) is 9.51. The number of benzene rings is 1. The minimum atomic E-state index is 0. The van der Waals surface area contributed by atoms with Gasteiger partial charge in [0.25, 0.3) is 0 Å². The summed E-state index contributed by atoms with van der Waals surface area (Å²) in [5, 5.41) is 8.18. The average Bonchev–Trinajstić information content (AvgIpc) is 3.08. The summed E-state index contributed by atoms with van der Waals surface area (Å²) in [6, 6.07) is 7.81. The number of amides is 1. The molecule has 0 radical (unpaired) electrons. The maximum atomic E-state index is 12.6. The highest BCUT2D eigenvalue weighted by atomic mass is 127. The van der Waals surface area contributed by atoms with Crippen LogP contribution >= 0.6 is 35.6 Å². The molecular formula is C19H26ClIN6O. The van der Waals surface area contributed by atoms with Gasteiger partial charge in [-0.2, -0.15) is 5.10 Å². The predicted octanol–water partition coefficient (Wildman–Crippen LogP) is 2.55. The third-order valence-electron chi connectivity index (χ3n) is 4.43. The van der Waals surface area contributed by atoms with Crippen molar-refractivity contribution in [3.8, 4) is 0 Å². The van der Waals surface area contributed by atoms with Gasteiger partial charge in [-0.25, -0.2) is 0 Å². The summed E-state index contributed by atoms with van der Waals surface area (Å²) < 4.78 is 1.71. The number of nitrogens with one attached hydrogen (secondary N) is 1. The summed E-state index contributed by atoms with van der Waals surface area (Å²) >= 11 is 5.92. The number of piperazine rings is 1. The number of halogens is 2. The average molecular weight is 517 g/mol. The fourth-order valence-corrected chi connectivity index (χ4v) is 3.17. The van der Waals surface area contributed by atoms with E-state index in [4.69, 9.17) is 16.6 Å². The van der Waals surface area contributed by atoms with Gasteiger partial charge < -0.3 is 15.1 Å². The summed E-state index contributed by atoms with van der Waals surface area (Å²) in [4.78, 5) is 21.1. The van der Waals surface area contributed by atoms with Crippen LogP contribution in [-0.2, 0) is 18.3 Å². The van der Waals surface area contributed by atoms with Crippen LogP contribution in [0.25, 0.3) is 0 Å². The van der Waals surface area contributed by atoms with E-state index in [9.17, 15) is 4.79 Å². The second-order valence-electron chi connectivity index (χ2n) is 6.45. The zero-order chi connectivity index (χ0) is 19.2. The highest BCUT2D eigenvalue weighted by molar-refractivity contribution is 14.0. The Balaban J connectivity index is 0.00000280. The molecule has 0 bridgehead atoms. The molecule has 1 amide bonds. The lowest BCUT2D eigenvalue weighted by atomic mass is 10.1. The normalized spacial score (nSPS) is 14.8. The number of guanidine groups is 1. The molecular weight excluding hydrogens is 491 g/mol. The molecule has 0 spiro atoms. The van der Waals surface area contributed by atoms with Crippen LogP contribution in [0.4, 0.5) is 5.69 Å². The molecule has 1 aromatic heterocycles. The summed E-state index contributed by atoms with van der Waals surface area (Å²) in [7, 11) is 1.85. The molecule has 1 aliphatic heterocycles. The van der Waals surface area contributed by atoms with Crippen LogP contribution in [0.3, 0.4) is 0 Å². The van der Waals surface area contributed by atoms with Gasteiger partial charge in [-0.1, -0.05) is 23.7 Å². The van der Waals surface area contributed by atoms with E-state index in [1.54, 1.807) is 15.8 Å². The van der Waals surface area contributed by atoms with Crippen molar-refractivity contribution < 1.29 is 4.79 Å². The lowest BCUT2D eigenvalue weighted by molar-refractivity contribution is -0.120. The maximum Gasteiger partial charge on any atom is 0.246 e. The van der Waals surface area contributed by atoms with Gasteiger partial charge in [0.2, 0.25) is 5.91 Å². The minimum Gasteiger partial charge on any atom is -0.357 e. The zero-order valence-electron chi connectivity index (χ0n) is 16.1. The number of hydrogen-bond donors (Lipinski definition) is 1. The first-order valence-electron chi connectivity index (χ1n) is 9.13. The minimum absolute atomic E-state index is 0. The van der Waals surface area contributed by atoms with Gasteiger partial charge in [0.15, 0.2) is 5.96 Å². The van der Waals surface area contributed by atoms with Gasteiger partial charge in [-0.05, 0) is 31.0 Å². The molecule has 7 nitrogen and oxygen atoms in total. The number of aromatic nitrogens is 2. The Morgan fingerprint density at radius 3 is 2.64 bits per heavy atom. The maximum absolute atomic E-state index is 12.6. The Kier molecular flexibility index (Phi) is 8.56. The van der Waals surface area contributed by atoms with Gasteiger partial charge in [-0.15, -0.1) is 24.0 Å². The Bertz CT molecular complexity index is 807. The first kappa shape index (κ1) is 22.5. The Hall–Kier alpha value is -1.81.